The zero-order chi connectivity index (χ0) is 17.4. The minimum Gasteiger partial charge on any atom is -0.379 e. The van der Waals surface area contributed by atoms with Gasteiger partial charge in [-0.05, 0) is 36.0 Å². The van der Waals surface area contributed by atoms with E-state index < -0.39 is 0 Å². The van der Waals surface area contributed by atoms with E-state index in [1.807, 2.05) is 6.07 Å². The molecule has 1 aliphatic carbocycles. The molecule has 4 atom stereocenters. The quantitative estimate of drug-likeness (QED) is 0.840. The van der Waals surface area contributed by atoms with Crippen LogP contribution in [0.1, 0.15) is 31.2 Å². The predicted molar refractivity (Wildman–Crippen MR) is 93.8 cm³/mol. The molecular weight excluding hydrogens is 319 g/mol. The Hall–Kier alpha value is -1.46. The number of ether oxygens (including phenoxy) is 1. The molecule has 1 aromatic carbocycles. The lowest BCUT2D eigenvalue weighted by Gasteiger charge is -2.34. The number of hydrogen-bond acceptors (Lipinski definition) is 3. The van der Waals surface area contributed by atoms with Crippen LogP contribution >= 0.6 is 0 Å². The van der Waals surface area contributed by atoms with Gasteiger partial charge in [-0.25, -0.2) is 4.39 Å². The van der Waals surface area contributed by atoms with Crippen molar-refractivity contribution in [2.24, 2.45) is 11.8 Å². The van der Waals surface area contributed by atoms with Gasteiger partial charge < -0.3 is 9.64 Å². The molecule has 2 heterocycles. The van der Waals surface area contributed by atoms with Gasteiger partial charge in [-0.15, -0.1) is 0 Å². The van der Waals surface area contributed by atoms with Gasteiger partial charge >= 0.3 is 0 Å². The molecule has 5 heteroatoms. The maximum absolute atomic E-state index is 13.4. The highest BCUT2D eigenvalue weighted by Crippen LogP contribution is 2.49. The largest absolute Gasteiger partial charge is 0.379 e. The summed E-state index contributed by atoms with van der Waals surface area (Å²) in [7, 11) is 0. The molecule has 3 aliphatic rings. The van der Waals surface area contributed by atoms with E-state index in [4.69, 9.17) is 4.74 Å². The maximum atomic E-state index is 13.4. The lowest BCUT2D eigenvalue weighted by Crippen LogP contribution is -2.47. The summed E-state index contributed by atoms with van der Waals surface area (Å²) >= 11 is 0. The first-order chi connectivity index (χ1) is 12.2. The maximum Gasteiger partial charge on any atom is 0.226 e. The summed E-state index contributed by atoms with van der Waals surface area (Å²) in [6, 6.07) is 7.18. The van der Waals surface area contributed by atoms with Crippen molar-refractivity contribution in [3.8, 4) is 0 Å². The van der Waals surface area contributed by atoms with Crippen LogP contribution in [0, 0.1) is 17.7 Å². The van der Waals surface area contributed by atoms with Crippen LogP contribution in [0.4, 0.5) is 4.39 Å². The van der Waals surface area contributed by atoms with Gasteiger partial charge in [0.05, 0.1) is 13.2 Å². The Kier molecular flexibility index (Phi) is 4.78. The van der Waals surface area contributed by atoms with Crippen molar-refractivity contribution in [3.05, 3.63) is 35.6 Å². The number of amides is 1. The van der Waals surface area contributed by atoms with Crippen LogP contribution in [-0.2, 0) is 9.53 Å². The Morgan fingerprint density at radius 1 is 1.28 bits per heavy atom. The van der Waals surface area contributed by atoms with Gasteiger partial charge in [-0.2, -0.15) is 0 Å². The summed E-state index contributed by atoms with van der Waals surface area (Å²) in [5.74, 6) is 0.848. The second-order valence-corrected chi connectivity index (χ2v) is 7.63. The molecule has 1 aromatic rings. The van der Waals surface area contributed by atoms with Crippen molar-refractivity contribution < 1.29 is 13.9 Å². The zero-order valence-electron chi connectivity index (χ0n) is 14.9. The highest BCUT2D eigenvalue weighted by molar-refractivity contribution is 5.83. The van der Waals surface area contributed by atoms with Crippen molar-refractivity contribution >= 4 is 5.91 Å². The lowest BCUT2D eigenvalue weighted by atomic mass is 9.99. The van der Waals surface area contributed by atoms with Gasteiger partial charge in [-0.1, -0.05) is 25.5 Å². The third-order valence-corrected chi connectivity index (χ3v) is 6.14. The third kappa shape index (κ3) is 3.44. The molecule has 3 fully saturated rings. The molecule has 0 unspecified atom stereocenters. The fourth-order valence-electron chi connectivity index (χ4n) is 4.57. The predicted octanol–water partition coefficient (Wildman–Crippen LogP) is 2.50. The Morgan fingerprint density at radius 2 is 2.08 bits per heavy atom. The summed E-state index contributed by atoms with van der Waals surface area (Å²) in [5, 5.41) is 0. The molecule has 0 aromatic heterocycles. The van der Waals surface area contributed by atoms with Crippen molar-refractivity contribution in [1.29, 1.82) is 0 Å². The molecular formula is C20H27FN2O2. The first-order valence-corrected chi connectivity index (χ1v) is 9.53. The first-order valence-electron chi connectivity index (χ1n) is 9.53. The summed E-state index contributed by atoms with van der Waals surface area (Å²) in [6.07, 6.45) is 1.96. The monoisotopic (exact) mass is 346 g/mol. The molecule has 0 radical (unpaired) electrons. The van der Waals surface area contributed by atoms with Crippen LogP contribution in [0.15, 0.2) is 24.3 Å². The van der Waals surface area contributed by atoms with E-state index in [1.54, 1.807) is 12.1 Å². The van der Waals surface area contributed by atoms with Crippen molar-refractivity contribution in [2.45, 2.75) is 31.7 Å². The topological polar surface area (TPSA) is 32.8 Å². The Labute approximate surface area is 148 Å². The van der Waals surface area contributed by atoms with Crippen molar-refractivity contribution in [2.75, 3.05) is 39.4 Å². The van der Waals surface area contributed by atoms with Crippen molar-refractivity contribution in [3.63, 3.8) is 0 Å². The van der Waals surface area contributed by atoms with Gasteiger partial charge in [0.2, 0.25) is 5.91 Å². The minimum absolute atomic E-state index is 0.0442. The smallest absolute Gasteiger partial charge is 0.226 e. The van der Waals surface area contributed by atoms with Gasteiger partial charge in [0.25, 0.3) is 0 Å². The summed E-state index contributed by atoms with van der Waals surface area (Å²) in [5.41, 5.74) is 0.967. The highest BCUT2D eigenvalue weighted by atomic mass is 19.1. The summed E-state index contributed by atoms with van der Waals surface area (Å²) < 4.78 is 18.9. The number of carbonyl (C=O) groups is 1. The lowest BCUT2D eigenvalue weighted by molar-refractivity contribution is -0.132. The zero-order valence-corrected chi connectivity index (χ0v) is 14.9. The van der Waals surface area contributed by atoms with Crippen LogP contribution in [0.2, 0.25) is 0 Å². The van der Waals surface area contributed by atoms with Crippen LogP contribution in [-0.4, -0.2) is 61.1 Å². The summed E-state index contributed by atoms with van der Waals surface area (Å²) in [6.45, 7) is 7.46. The average Bonchev–Trinajstić information content (AvgIpc) is 3.33. The number of benzene rings is 1. The SMILES string of the molecule is CC[C@@H]1CN(C(=O)[C@@H]2C[C@@H]2c2cccc(F)c2)C[C@@H]1N1CCOCC1. The Balaban J connectivity index is 1.40. The van der Waals surface area contributed by atoms with E-state index in [9.17, 15) is 9.18 Å². The highest BCUT2D eigenvalue weighted by Gasteiger charge is 2.48. The van der Waals surface area contributed by atoms with Crippen LogP contribution in [0.5, 0.6) is 0 Å². The molecule has 1 amide bonds. The second kappa shape index (κ2) is 7.04. The molecule has 4 nitrogen and oxygen atoms in total. The molecule has 136 valence electrons. The van der Waals surface area contributed by atoms with E-state index in [-0.39, 0.29) is 23.6 Å². The normalized spacial score (nSPS) is 32.8. The fraction of sp³-hybridized carbons (Fsp3) is 0.650. The van der Waals surface area contributed by atoms with Crippen LogP contribution in [0.25, 0.3) is 0 Å². The van der Waals surface area contributed by atoms with Gasteiger partial charge in [0.1, 0.15) is 5.82 Å². The van der Waals surface area contributed by atoms with Gasteiger partial charge in [0, 0.05) is 38.1 Å². The van der Waals surface area contributed by atoms with E-state index >= 15 is 0 Å². The molecule has 2 saturated heterocycles. The Morgan fingerprint density at radius 3 is 2.80 bits per heavy atom. The van der Waals surface area contributed by atoms with Crippen LogP contribution in [0.3, 0.4) is 0 Å². The van der Waals surface area contributed by atoms with Gasteiger partial charge in [-0.3, -0.25) is 9.69 Å². The number of morpholine rings is 1. The third-order valence-electron chi connectivity index (χ3n) is 6.14. The number of rotatable bonds is 4. The molecule has 4 rings (SSSR count). The van der Waals surface area contributed by atoms with E-state index in [0.29, 0.717) is 12.0 Å². The summed E-state index contributed by atoms with van der Waals surface area (Å²) in [4.78, 5) is 17.5. The number of halogens is 1. The first kappa shape index (κ1) is 17.0. The molecule has 0 bridgehead atoms. The standard InChI is InChI=1S/C20H27FN2O2/c1-2-14-12-23(13-19(14)22-6-8-25-9-7-22)20(24)18-11-17(18)15-4-3-5-16(21)10-15/h3-5,10,14,17-19H,2,6-9,11-13H2,1H3/t14-,17-,18-,19+/m1/s1. The van der Waals surface area contributed by atoms with Gasteiger partial charge in [0.15, 0.2) is 0 Å². The number of nitrogens with zero attached hydrogens (tertiary/aromatic N) is 2. The molecule has 2 aliphatic heterocycles. The molecule has 0 spiro atoms. The Bertz CT molecular complexity index is 632. The minimum atomic E-state index is -0.213. The van der Waals surface area contributed by atoms with E-state index in [0.717, 1.165) is 57.8 Å². The number of likely N-dealkylation sites (tertiary alicyclic amines) is 1. The average molecular weight is 346 g/mol. The molecule has 25 heavy (non-hydrogen) atoms. The van der Waals surface area contributed by atoms with Crippen LogP contribution < -0.4 is 0 Å². The fourth-order valence-corrected chi connectivity index (χ4v) is 4.57. The number of carbonyl (C=O) groups excluding carboxylic acids is 1. The van der Waals surface area contributed by atoms with E-state index in [1.165, 1.54) is 6.07 Å². The molecule has 1 saturated carbocycles. The van der Waals surface area contributed by atoms with Crippen molar-refractivity contribution in [1.82, 2.24) is 9.80 Å². The number of hydrogen-bond donors (Lipinski definition) is 0. The second-order valence-electron chi connectivity index (χ2n) is 7.63. The van der Waals surface area contributed by atoms with E-state index in [2.05, 4.69) is 16.7 Å². The molecule has 0 N–H and O–H groups in total.